The quantitative estimate of drug-likeness (QED) is 0.582. The van der Waals surface area contributed by atoms with Gasteiger partial charge in [0.25, 0.3) is 0 Å². The van der Waals surface area contributed by atoms with Gasteiger partial charge in [0.2, 0.25) is 11.8 Å². The van der Waals surface area contributed by atoms with E-state index in [9.17, 15) is 9.59 Å². The van der Waals surface area contributed by atoms with E-state index in [0.717, 1.165) is 28.5 Å². The molecule has 1 heterocycles. The Morgan fingerprint density at radius 3 is 2.35 bits per heavy atom. The molecule has 0 radical (unpaired) electrons. The number of anilines is 1. The molecule has 0 N–H and O–H groups in total. The van der Waals surface area contributed by atoms with E-state index in [1.807, 2.05) is 24.3 Å². The van der Waals surface area contributed by atoms with Gasteiger partial charge < -0.3 is 0 Å². The molecule has 2 aliphatic rings. The summed E-state index contributed by atoms with van der Waals surface area (Å²) in [6.45, 7) is 0. The van der Waals surface area contributed by atoms with Crippen LogP contribution < -0.4 is 4.90 Å². The first-order valence-electron chi connectivity index (χ1n) is 5.80. The molecule has 0 spiro atoms. The molecule has 2 unspecified atom stereocenters. The van der Waals surface area contributed by atoms with Crippen molar-refractivity contribution in [3.63, 3.8) is 0 Å². The highest BCUT2D eigenvalue weighted by Gasteiger charge is 2.45. The standard InChI is InChI=1S/C13H12INO2/c14-10-2-1-3-11(7-10)15-12(16)8-4-5-9(6-8)13(15)17/h1-3,7-9H,4-6H2. The Morgan fingerprint density at radius 2 is 1.76 bits per heavy atom. The van der Waals surface area contributed by atoms with Crippen molar-refractivity contribution in [2.75, 3.05) is 4.90 Å². The monoisotopic (exact) mass is 341 g/mol. The lowest BCUT2D eigenvalue weighted by atomic mass is 9.96. The second-order valence-electron chi connectivity index (χ2n) is 4.70. The Labute approximate surface area is 113 Å². The lowest BCUT2D eigenvalue weighted by molar-refractivity contribution is -0.132. The maximum atomic E-state index is 12.2. The molecule has 1 aromatic carbocycles. The number of carbonyl (C=O) groups is 2. The smallest absolute Gasteiger partial charge is 0.236 e. The van der Waals surface area contributed by atoms with Gasteiger partial charge in [-0.3, -0.25) is 14.5 Å². The van der Waals surface area contributed by atoms with Crippen LogP contribution in [0.15, 0.2) is 24.3 Å². The van der Waals surface area contributed by atoms with Crippen molar-refractivity contribution in [2.45, 2.75) is 19.3 Å². The third kappa shape index (κ3) is 1.78. The molecule has 3 rings (SSSR count). The van der Waals surface area contributed by atoms with Gasteiger partial charge in [-0.25, -0.2) is 0 Å². The molecule has 88 valence electrons. The summed E-state index contributed by atoms with van der Waals surface area (Å²) in [7, 11) is 0. The molecule has 1 saturated carbocycles. The average molecular weight is 341 g/mol. The molecular formula is C13H12INO2. The van der Waals surface area contributed by atoms with Crippen LogP contribution in [0.4, 0.5) is 5.69 Å². The minimum absolute atomic E-state index is 0.00856. The summed E-state index contributed by atoms with van der Waals surface area (Å²) in [5.74, 6) is 0.114. The van der Waals surface area contributed by atoms with Gasteiger partial charge in [0.15, 0.2) is 0 Å². The highest BCUT2D eigenvalue weighted by molar-refractivity contribution is 14.1. The molecule has 17 heavy (non-hydrogen) atoms. The van der Waals surface area contributed by atoms with Gasteiger partial charge in [-0.15, -0.1) is 0 Å². The molecule has 3 nitrogen and oxygen atoms in total. The summed E-state index contributed by atoms with van der Waals surface area (Å²) < 4.78 is 1.04. The zero-order chi connectivity index (χ0) is 12.0. The first-order chi connectivity index (χ1) is 8.16. The summed E-state index contributed by atoms with van der Waals surface area (Å²) in [5.41, 5.74) is 0.725. The van der Waals surface area contributed by atoms with E-state index in [0.29, 0.717) is 0 Å². The predicted molar refractivity (Wildman–Crippen MR) is 72.5 cm³/mol. The number of rotatable bonds is 1. The number of amides is 2. The SMILES string of the molecule is O=C1C2CCC(C2)C(=O)N1c1cccc(I)c1. The molecule has 1 aliphatic carbocycles. The minimum Gasteiger partial charge on any atom is -0.274 e. The van der Waals surface area contributed by atoms with Gasteiger partial charge in [0, 0.05) is 15.4 Å². The number of fused-ring (bicyclic) bond motifs is 2. The molecule has 1 aliphatic heterocycles. The van der Waals surface area contributed by atoms with Crippen LogP contribution in [-0.2, 0) is 9.59 Å². The fourth-order valence-electron chi connectivity index (χ4n) is 2.77. The Balaban J connectivity index is 2.02. The van der Waals surface area contributed by atoms with E-state index in [4.69, 9.17) is 0 Å². The van der Waals surface area contributed by atoms with E-state index in [2.05, 4.69) is 22.6 Å². The molecule has 2 amide bonds. The molecule has 1 aromatic rings. The van der Waals surface area contributed by atoms with Crippen LogP contribution >= 0.6 is 22.6 Å². The number of hydrogen-bond acceptors (Lipinski definition) is 2. The number of hydrogen-bond donors (Lipinski definition) is 0. The summed E-state index contributed by atoms with van der Waals surface area (Å²) in [4.78, 5) is 25.8. The first kappa shape index (κ1) is 11.2. The number of halogens is 1. The molecular weight excluding hydrogens is 329 g/mol. The second-order valence-corrected chi connectivity index (χ2v) is 5.94. The summed E-state index contributed by atoms with van der Waals surface area (Å²) in [6.07, 6.45) is 2.50. The average Bonchev–Trinajstić information content (AvgIpc) is 2.74. The van der Waals surface area contributed by atoms with Crippen molar-refractivity contribution in [3.05, 3.63) is 27.8 Å². The Bertz CT molecular complexity index is 478. The van der Waals surface area contributed by atoms with Crippen LogP contribution in [0.3, 0.4) is 0 Å². The first-order valence-corrected chi connectivity index (χ1v) is 6.88. The van der Waals surface area contributed by atoms with Crippen LogP contribution in [0.2, 0.25) is 0 Å². The molecule has 2 fully saturated rings. The van der Waals surface area contributed by atoms with Crippen LogP contribution in [-0.4, -0.2) is 11.8 Å². The number of nitrogens with zero attached hydrogens (tertiary/aromatic N) is 1. The summed E-state index contributed by atoms with van der Waals surface area (Å²) in [5, 5.41) is 0. The van der Waals surface area contributed by atoms with Crippen molar-refractivity contribution in [3.8, 4) is 0 Å². The summed E-state index contributed by atoms with van der Waals surface area (Å²) in [6, 6.07) is 7.57. The van der Waals surface area contributed by atoms with Gasteiger partial charge in [-0.1, -0.05) is 6.07 Å². The molecule has 0 aromatic heterocycles. The van der Waals surface area contributed by atoms with Crippen LogP contribution in [0.25, 0.3) is 0 Å². The Morgan fingerprint density at radius 1 is 1.12 bits per heavy atom. The van der Waals surface area contributed by atoms with Gasteiger partial charge in [0.05, 0.1) is 5.69 Å². The summed E-state index contributed by atoms with van der Waals surface area (Å²) >= 11 is 2.19. The number of piperidine rings is 1. The van der Waals surface area contributed by atoms with Gasteiger partial charge in [-0.05, 0) is 60.1 Å². The molecule has 4 heteroatoms. The van der Waals surface area contributed by atoms with Gasteiger partial charge in [0.1, 0.15) is 0 Å². The number of carbonyl (C=O) groups excluding carboxylic acids is 2. The lowest BCUT2D eigenvalue weighted by Crippen LogP contribution is -2.46. The van der Waals surface area contributed by atoms with Crippen molar-refractivity contribution in [2.24, 2.45) is 11.8 Å². The van der Waals surface area contributed by atoms with Crippen molar-refractivity contribution >= 4 is 40.1 Å². The van der Waals surface area contributed by atoms with Gasteiger partial charge in [-0.2, -0.15) is 0 Å². The molecule has 2 bridgehead atoms. The third-order valence-corrected chi connectivity index (χ3v) is 4.31. The van der Waals surface area contributed by atoms with E-state index in [1.165, 1.54) is 4.90 Å². The van der Waals surface area contributed by atoms with Crippen molar-refractivity contribution in [1.82, 2.24) is 0 Å². The Hall–Kier alpha value is -0.910. The van der Waals surface area contributed by atoms with Gasteiger partial charge >= 0.3 is 0 Å². The van der Waals surface area contributed by atoms with Crippen molar-refractivity contribution in [1.29, 1.82) is 0 Å². The molecule has 1 saturated heterocycles. The predicted octanol–water partition coefficient (Wildman–Crippen LogP) is 2.58. The maximum Gasteiger partial charge on any atom is 0.236 e. The number of benzene rings is 1. The maximum absolute atomic E-state index is 12.2. The van der Waals surface area contributed by atoms with E-state index >= 15 is 0 Å². The van der Waals surface area contributed by atoms with E-state index in [1.54, 1.807) is 0 Å². The highest BCUT2D eigenvalue weighted by Crippen LogP contribution is 2.40. The second kappa shape index (κ2) is 4.08. The lowest BCUT2D eigenvalue weighted by Gasteiger charge is -2.29. The van der Waals surface area contributed by atoms with Crippen LogP contribution in [0.1, 0.15) is 19.3 Å². The molecule has 2 atom stereocenters. The topological polar surface area (TPSA) is 37.4 Å². The van der Waals surface area contributed by atoms with Crippen LogP contribution in [0.5, 0.6) is 0 Å². The zero-order valence-corrected chi connectivity index (χ0v) is 11.4. The fourth-order valence-corrected chi connectivity index (χ4v) is 3.30. The van der Waals surface area contributed by atoms with E-state index < -0.39 is 0 Å². The third-order valence-electron chi connectivity index (χ3n) is 3.64. The Kier molecular flexibility index (Phi) is 2.69. The largest absolute Gasteiger partial charge is 0.274 e. The normalized spacial score (nSPS) is 27.7. The zero-order valence-electron chi connectivity index (χ0n) is 9.23. The van der Waals surface area contributed by atoms with E-state index in [-0.39, 0.29) is 23.7 Å². The highest BCUT2D eigenvalue weighted by atomic mass is 127. The van der Waals surface area contributed by atoms with Crippen LogP contribution in [0, 0.1) is 15.4 Å². The van der Waals surface area contributed by atoms with Crippen molar-refractivity contribution < 1.29 is 9.59 Å². The number of imide groups is 1. The fraction of sp³-hybridized carbons (Fsp3) is 0.385. The minimum atomic E-state index is -0.00856.